The van der Waals surface area contributed by atoms with Gasteiger partial charge in [-0.1, -0.05) is 11.6 Å². The third-order valence-corrected chi connectivity index (χ3v) is 2.72. The number of rotatable bonds is 3. The quantitative estimate of drug-likeness (QED) is 0.665. The Hall–Kier alpha value is -0.340. The molecule has 2 heteroatoms. The van der Waals surface area contributed by atoms with Crippen LogP contribution >= 0.6 is 0 Å². The highest BCUT2D eigenvalue weighted by Gasteiger charge is 2.34. The Morgan fingerprint density at radius 1 is 1.27 bits per heavy atom. The molecule has 1 aliphatic heterocycles. The molecule has 0 aromatic rings. The van der Waals surface area contributed by atoms with E-state index in [1.807, 2.05) is 0 Å². The van der Waals surface area contributed by atoms with E-state index in [2.05, 4.69) is 40.7 Å². The summed E-state index contributed by atoms with van der Waals surface area (Å²) in [6.45, 7) is 10.5. The summed E-state index contributed by atoms with van der Waals surface area (Å²) >= 11 is 0. The fraction of sp³-hybridized carbons (Fsp3) is 0.846. The number of hydrogen-bond donors (Lipinski definition) is 0. The van der Waals surface area contributed by atoms with Crippen LogP contribution in [0.2, 0.25) is 0 Å². The van der Waals surface area contributed by atoms with Crippen LogP contribution < -0.4 is 0 Å². The zero-order valence-corrected chi connectivity index (χ0v) is 10.7. The molecule has 0 radical (unpaired) electrons. The molecule has 1 fully saturated rings. The van der Waals surface area contributed by atoms with E-state index in [-0.39, 0.29) is 5.79 Å². The minimum absolute atomic E-state index is 0.311. The Labute approximate surface area is 93.7 Å². The van der Waals surface area contributed by atoms with E-state index in [1.165, 1.54) is 5.57 Å². The molecule has 0 amide bonds. The Kier molecular flexibility index (Phi) is 4.35. The van der Waals surface area contributed by atoms with Crippen LogP contribution in [0, 0.1) is 0 Å². The molecule has 1 saturated heterocycles. The van der Waals surface area contributed by atoms with Crippen molar-refractivity contribution in [3.8, 4) is 0 Å². The van der Waals surface area contributed by atoms with E-state index in [0.717, 1.165) is 19.3 Å². The number of allylic oxidation sites excluding steroid dienone is 2. The summed E-state index contributed by atoms with van der Waals surface area (Å²) < 4.78 is 11.7. The Bertz CT molecular complexity index is 219. The summed E-state index contributed by atoms with van der Waals surface area (Å²) in [6, 6.07) is 0. The SMILES string of the molecule is CC(C)=CCCC1(C)O[C@H](C)C[C@H](C)O1. The predicted molar refractivity (Wildman–Crippen MR) is 62.8 cm³/mol. The summed E-state index contributed by atoms with van der Waals surface area (Å²) in [6.07, 6.45) is 5.82. The van der Waals surface area contributed by atoms with Crippen LogP contribution in [0.3, 0.4) is 0 Å². The second-order valence-electron chi connectivity index (χ2n) is 5.05. The van der Waals surface area contributed by atoms with E-state index in [0.29, 0.717) is 12.2 Å². The van der Waals surface area contributed by atoms with Gasteiger partial charge in [0.25, 0.3) is 0 Å². The molecule has 0 spiro atoms. The van der Waals surface area contributed by atoms with Gasteiger partial charge < -0.3 is 9.47 Å². The molecule has 0 bridgehead atoms. The summed E-state index contributed by atoms with van der Waals surface area (Å²) in [5.74, 6) is -0.386. The lowest BCUT2D eigenvalue weighted by atomic mass is 10.1. The van der Waals surface area contributed by atoms with Crippen LogP contribution in [-0.4, -0.2) is 18.0 Å². The molecule has 0 aromatic heterocycles. The molecule has 0 N–H and O–H groups in total. The first kappa shape index (κ1) is 12.7. The minimum atomic E-state index is -0.386. The van der Waals surface area contributed by atoms with Crippen molar-refractivity contribution in [1.82, 2.24) is 0 Å². The maximum Gasteiger partial charge on any atom is 0.166 e. The highest BCUT2D eigenvalue weighted by molar-refractivity contribution is 4.93. The molecule has 1 aliphatic rings. The summed E-state index contributed by atoms with van der Waals surface area (Å²) in [7, 11) is 0. The fourth-order valence-corrected chi connectivity index (χ4v) is 2.18. The third-order valence-electron chi connectivity index (χ3n) is 2.72. The van der Waals surface area contributed by atoms with Gasteiger partial charge in [0.15, 0.2) is 5.79 Å². The molecular formula is C13H24O2. The maximum atomic E-state index is 5.87. The molecule has 1 rings (SSSR count). The molecule has 1 heterocycles. The van der Waals surface area contributed by atoms with E-state index in [1.54, 1.807) is 0 Å². The number of hydrogen-bond acceptors (Lipinski definition) is 2. The van der Waals surface area contributed by atoms with Crippen LogP contribution in [0.25, 0.3) is 0 Å². The average Bonchev–Trinajstić information content (AvgIpc) is 1.98. The summed E-state index contributed by atoms with van der Waals surface area (Å²) in [5.41, 5.74) is 1.36. The van der Waals surface area contributed by atoms with Crippen LogP contribution in [0.5, 0.6) is 0 Å². The van der Waals surface area contributed by atoms with E-state index < -0.39 is 0 Å². The Morgan fingerprint density at radius 2 is 1.80 bits per heavy atom. The van der Waals surface area contributed by atoms with Crippen molar-refractivity contribution in [3.05, 3.63) is 11.6 Å². The van der Waals surface area contributed by atoms with Gasteiger partial charge in [0.1, 0.15) is 0 Å². The van der Waals surface area contributed by atoms with Crippen molar-refractivity contribution >= 4 is 0 Å². The topological polar surface area (TPSA) is 18.5 Å². The highest BCUT2D eigenvalue weighted by Crippen LogP contribution is 2.30. The Balaban J connectivity index is 2.46. The second-order valence-corrected chi connectivity index (χ2v) is 5.05. The third kappa shape index (κ3) is 4.35. The van der Waals surface area contributed by atoms with Crippen molar-refractivity contribution in [2.24, 2.45) is 0 Å². The van der Waals surface area contributed by atoms with Crippen LogP contribution in [-0.2, 0) is 9.47 Å². The first-order valence-corrected chi connectivity index (χ1v) is 5.90. The monoisotopic (exact) mass is 212 g/mol. The molecule has 1 unspecified atom stereocenters. The molecule has 0 aromatic carbocycles. The van der Waals surface area contributed by atoms with Crippen molar-refractivity contribution in [1.29, 1.82) is 0 Å². The summed E-state index contributed by atoms with van der Waals surface area (Å²) in [4.78, 5) is 0. The van der Waals surface area contributed by atoms with Gasteiger partial charge in [-0.25, -0.2) is 0 Å². The van der Waals surface area contributed by atoms with Crippen molar-refractivity contribution in [3.63, 3.8) is 0 Å². The van der Waals surface area contributed by atoms with E-state index in [4.69, 9.17) is 9.47 Å². The molecule has 2 nitrogen and oxygen atoms in total. The number of ether oxygens (including phenoxy) is 2. The zero-order valence-electron chi connectivity index (χ0n) is 10.7. The molecule has 15 heavy (non-hydrogen) atoms. The van der Waals surface area contributed by atoms with Crippen molar-refractivity contribution in [2.75, 3.05) is 0 Å². The van der Waals surface area contributed by atoms with Gasteiger partial charge >= 0.3 is 0 Å². The zero-order chi connectivity index (χ0) is 11.5. The molecular weight excluding hydrogens is 188 g/mol. The fourth-order valence-electron chi connectivity index (χ4n) is 2.18. The van der Waals surface area contributed by atoms with Gasteiger partial charge in [0.05, 0.1) is 12.2 Å². The smallest absolute Gasteiger partial charge is 0.166 e. The van der Waals surface area contributed by atoms with Gasteiger partial charge in [-0.05, 0) is 47.5 Å². The van der Waals surface area contributed by atoms with Gasteiger partial charge in [0.2, 0.25) is 0 Å². The van der Waals surface area contributed by atoms with Crippen LogP contribution in [0.1, 0.15) is 53.9 Å². The predicted octanol–water partition coefficient (Wildman–Crippen LogP) is 3.66. The van der Waals surface area contributed by atoms with Crippen molar-refractivity contribution < 1.29 is 9.47 Å². The largest absolute Gasteiger partial charge is 0.347 e. The first-order chi connectivity index (χ1) is 6.91. The molecule has 0 saturated carbocycles. The van der Waals surface area contributed by atoms with E-state index in [9.17, 15) is 0 Å². The molecule has 88 valence electrons. The van der Waals surface area contributed by atoms with Gasteiger partial charge in [-0.2, -0.15) is 0 Å². The lowest BCUT2D eigenvalue weighted by Crippen LogP contribution is -2.44. The molecule has 0 aliphatic carbocycles. The lowest BCUT2D eigenvalue weighted by molar-refractivity contribution is -0.304. The summed E-state index contributed by atoms with van der Waals surface area (Å²) in [5, 5.41) is 0. The maximum absolute atomic E-state index is 5.87. The standard InChI is InChI=1S/C13H24O2/c1-10(2)7-6-8-13(5)14-11(3)9-12(4)15-13/h7,11-12H,6,8-9H2,1-5H3/t11-,12+,13?. The second kappa shape index (κ2) is 5.13. The van der Waals surface area contributed by atoms with Gasteiger partial charge in [-0.3, -0.25) is 0 Å². The van der Waals surface area contributed by atoms with Crippen LogP contribution in [0.15, 0.2) is 11.6 Å². The van der Waals surface area contributed by atoms with Crippen LogP contribution in [0.4, 0.5) is 0 Å². The average molecular weight is 212 g/mol. The normalized spacial score (nSPS) is 36.3. The molecule has 3 atom stereocenters. The Morgan fingerprint density at radius 3 is 2.27 bits per heavy atom. The van der Waals surface area contributed by atoms with Crippen molar-refractivity contribution in [2.45, 2.75) is 71.9 Å². The lowest BCUT2D eigenvalue weighted by Gasteiger charge is -2.40. The van der Waals surface area contributed by atoms with Gasteiger partial charge in [-0.15, -0.1) is 0 Å². The van der Waals surface area contributed by atoms with E-state index >= 15 is 0 Å². The first-order valence-electron chi connectivity index (χ1n) is 5.90. The highest BCUT2D eigenvalue weighted by atomic mass is 16.7. The van der Waals surface area contributed by atoms with Gasteiger partial charge in [0, 0.05) is 6.42 Å². The minimum Gasteiger partial charge on any atom is -0.347 e.